The Balaban J connectivity index is 1.79. The number of carbonyl (C=O) groups excluding carboxylic acids is 1. The Morgan fingerprint density at radius 3 is 2.30 bits per heavy atom. The van der Waals surface area contributed by atoms with Gasteiger partial charge in [-0.1, -0.05) is 61.9 Å². The van der Waals surface area contributed by atoms with Crippen LogP contribution in [0.5, 0.6) is 0 Å². The molecule has 27 heavy (non-hydrogen) atoms. The number of nitrogens with one attached hydrogen (secondary N) is 1. The van der Waals surface area contributed by atoms with Crippen LogP contribution in [0.2, 0.25) is 0 Å². The van der Waals surface area contributed by atoms with E-state index in [-0.39, 0.29) is 5.91 Å². The highest BCUT2D eigenvalue weighted by molar-refractivity contribution is 5.90. The summed E-state index contributed by atoms with van der Waals surface area (Å²) in [6, 6.07) is 24.4. The van der Waals surface area contributed by atoms with E-state index in [0.717, 1.165) is 36.6 Å². The summed E-state index contributed by atoms with van der Waals surface area (Å²) in [6.45, 7) is 2.80. The molecular formula is C23H25N3O. The van der Waals surface area contributed by atoms with Crippen LogP contribution in [0.25, 0.3) is 0 Å². The maximum atomic E-state index is 11.9. The van der Waals surface area contributed by atoms with E-state index in [9.17, 15) is 4.79 Å². The summed E-state index contributed by atoms with van der Waals surface area (Å²) in [4.78, 5) is 18.7. The first-order chi connectivity index (χ1) is 13.3. The van der Waals surface area contributed by atoms with Crippen LogP contribution in [0.1, 0.15) is 31.7 Å². The molecule has 1 N–H and O–H groups in total. The van der Waals surface area contributed by atoms with E-state index in [0.29, 0.717) is 6.42 Å². The van der Waals surface area contributed by atoms with E-state index in [4.69, 9.17) is 0 Å². The Labute approximate surface area is 160 Å². The number of aromatic nitrogens is 1. The molecule has 0 fully saturated rings. The first-order valence-electron chi connectivity index (χ1n) is 9.38. The van der Waals surface area contributed by atoms with Gasteiger partial charge in [-0.05, 0) is 36.2 Å². The lowest BCUT2D eigenvalue weighted by atomic mass is 10.2. The van der Waals surface area contributed by atoms with E-state index in [1.807, 2.05) is 48.5 Å². The van der Waals surface area contributed by atoms with E-state index in [1.54, 1.807) is 6.20 Å². The number of rotatable bonds is 8. The van der Waals surface area contributed by atoms with Crippen LogP contribution < -0.4 is 10.2 Å². The van der Waals surface area contributed by atoms with Gasteiger partial charge in [0.25, 0.3) is 0 Å². The minimum Gasteiger partial charge on any atom is -0.325 e. The van der Waals surface area contributed by atoms with Gasteiger partial charge in [-0.25, -0.2) is 4.98 Å². The summed E-state index contributed by atoms with van der Waals surface area (Å²) >= 11 is 0. The summed E-state index contributed by atoms with van der Waals surface area (Å²) in [5.41, 5.74) is 3.02. The van der Waals surface area contributed by atoms with Crippen molar-refractivity contribution >= 4 is 23.1 Å². The Morgan fingerprint density at radius 1 is 0.963 bits per heavy atom. The third-order valence-electron chi connectivity index (χ3n) is 4.32. The lowest BCUT2D eigenvalue weighted by molar-refractivity contribution is -0.116. The fourth-order valence-electron chi connectivity index (χ4n) is 2.86. The molecule has 4 nitrogen and oxygen atoms in total. The van der Waals surface area contributed by atoms with Crippen LogP contribution in [0.4, 0.5) is 17.2 Å². The molecule has 0 spiro atoms. The third kappa shape index (κ3) is 5.42. The maximum Gasteiger partial charge on any atom is 0.224 e. The smallest absolute Gasteiger partial charge is 0.224 e. The molecule has 1 amide bonds. The number of nitrogens with zero attached hydrogens (tertiary/aromatic N) is 2. The number of hydrogen-bond donors (Lipinski definition) is 1. The largest absolute Gasteiger partial charge is 0.325 e. The fourth-order valence-corrected chi connectivity index (χ4v) is 2.86. The molecule has 2 aromatic carbocycles. The molecule has 0 bridgehead atoms. The Morgan fingerprint density at radius 2 is 1.67 bits per heavy atom. The average Bonchev–Trinajstić information content (AvgIpc) is 2.73. The normalized spacial score (nSPS) is 10.4. The fraction of sp³-hybridized carbons (Fsp3) is 0.217. The van der Waals surface area contributed by atoms with Crippen LogP contribution >= 0.6 is 0 Å². The van der Waals surface area contributed by atoms with Gasteiger partial charge in [0.1, 0.15) is 5.82 Å². The van der Waals surface area contributed by atoms with Gasteiger partial charge in [-0.2, -0.15) is 0 Å². The van der Waals surface area contributed by atoms with Crippen molar-refractivity contribution in [1.82, 2.24) is 4.98 Å². The lowest BCUT2D eigenvalue weighted by Crippen LogP contribution is -2.18. The summed E-state index contributed by atoms with van der Waals surface area (Å²) in [7, 11) is 0. The lowest BCUT2D eigenvalue weighted by Gasteiger charge is -2.24. The second-order valence-electron chi connectivity index (χ2n) is 6.46. The number of amides is 1. The number of pyridine rings is 1. The summed E-state index contributed by atoms with van der Waals surface area (Å²) < 4.78 is 0. The minimum absolute atomic E-state index is 0.0376. The van der Waals surface area contributed by atoms with E-state index in [2.05, 4.69) is 46.4 Å². The predicted octanol–water partition coefficient (Wildman–Crippen LogP) is 5.55. The number of hydrogen-bond acceptors (Lipinski definition) is 3. The number of para-hydroxylation sites is 1. The maximum absolute atomic E-state index is 11.9. The van der Waals surface area contributed by atoms with E-state index in [1.165, 1.54) is 5.56 Å². The molecule has 0 aliphatic rings. The van der Waals surface area contributed by atoms with Crippen LogP contribution in [-0.4, -0.2) is 10.9 Å². The van der Waals surface area contributed by atoms with E-state index < -0.39 is 0 Å². The molecule has 0 atom stereocenters. The molecule has 3 rings (SSSR count). The van der Waals surface area contributed by atoms with Crippen LogP contribution in [0.3, 0.4) is 0 Å². The number of benzene rings is 2. The predicted molar refractivity (Wildman–Crippen MR) is 111 cm³/mol. The Kier molecular flexibility index (Phi) is 6.58. The molecule has 0 saturated carbocycles. The first-order valence-corrected chi connectivity index (χ1v) is 9.38. The molecule has 1 aromatic heterocycles. The summed E-state index contributed by atoms with van der Waals surface area (Å²) in [5, 5.41) is 2.91. The van der Waals surface area contributed by atoms with E-state index >= 15 is 0 Å². The highest BCUT2D eigenvalue weighted by Gasteiger charge is 2.12. The molecule has 0 aliphatic heterocycles. The minimum atomic E-state index is 0.0376. The number of unbranched alkanes of at least 4 members (excludes halogenated alkanes) is 1. The third-order valence-corrected chi connectivity index (χ3v) is 4.32. The summed E-state index contributed by atoms with van der Waals surface area (Å²) in [6.07, 6.45) is 4.18. The quantitative estimate of drug-likeness (QED) is 0.573. The van der Waals surface area contributed by atoms with Gasteiger partial charge in [0, 0.05) is 18.7 Å². The Hall–Kier alpha value is -3.14. The van der Waals surface area contributed by atoms with Gasteiger partial charge in [-0.15, -0.1) is 0 Å². The van der Waals surface area contributed by atoms with Crippen molar-refractivity contribution in [1.29, 1.82) is 0 Å². The second-order valence-corrected chi connectivity index (χ2v) is 6.46. The molecule has 0 radical (unpaired) electrons. The van der Waals surface area contributed by atoms with Crippen molar-refractivity contribution in [3.63, 3.8) is 0 Å². The van der Waals surface area contributed by atoms with Crippen LogP contribution in [0.15, 0.2) is 79.0 Å². The monoisotopic (exact) mass is 359 g/mol. The zero-order valence-electron chi connectivity index (χ0n) is 15.6. The highest BCUT2D eigenvalue weighted by atomic mass is 16.1. The molecule has 3 aromatic rings. The molecule has 4 heteroatoms. The molecule has 1 heterocycles. The Bertz CT molecular complexity index is 833. The zero-order valence-corrected chi connectivity index (χ0v) is 15.6. The molecule has 138 valence electrons. The standard InChI is InChI=1S/C23H25N3O/c1-2-3-14-23(27)25-20-15-16-22(24-17-20)26(21-12-8-5-9-13-21)18-19-10-6-4-7-11-19/h4-13,15-17H,2-3,14,18H2,1H3,(H,25,27). The van der Waals surface area contributed by atoms with Gasteiger partial charge >= 0.3 is 0 Å². The highest BCUT2D eigenvalue weighted by Crippen LogP contribution is 2.26. The molecule has 0 saturated heterocycles. The van der Waals surface area contributed by atoms with Gasteiger partial charge in [0.05, 0.1) is 11.9 Å². The first kappa shape index (κ1) is 18.6. The number of carbonyl (C=O) groups is 1. The molecule has 0 unspecified atom stereocenters. The molecule has 0 aliphatic carbocycles. The van der Waals surface area contributed by atoms with Crippen LogP contribution in [-0.2, 0) is 11.3 Å². The van der Waals surface area contributed by atoms with Crippen LogP contribution in [0, 0.1) is 0 Å². The van der Waals surface area contributed by atoms with Crippen molar-refractivity contribution in [2.45, 2.75) is 32.7 Å². The van der Waals surface area contributed by atoms with Gasteiger partial charge in [0.2, 0.25) is 5.91 Å². The van der Waals surface area contributed by atoms with Crippen molar-refractivity contribution in [2.24, 2.45) is 0 Å². The zero-order chi connectivity index (χ0) is 18.9. The van der Waals surface area contributed by atoms with Crippen molar-refractivity contribution in [3.05, 3.63) is 84.6 Å². The summed E-state index contributed by atoms with van der Waals surface area (Å²) in [5.74, 6) is 0.882. The van der Waals surface area contributed by atoms with Crippen molar-refractivity contribution in [2.75, 3.05) is 10.2 Å². The van der Waals surface area contributed by atoms with Crippen molar-refractivity contribution < 1.29 is 4.79 Å². The average molecular weight is 359 g/mol. The van der Waals surface area contributed by atoms with Crippen molar-refractivity contribution in [3.8, 4) is 0 Å². The topological polar surface area (TPSA) is 45.2 Å². The van der Waals surface area contributed by atoms with Gasteiger partial charge < -0.3 is 10.2 Å². The van der Waals surface area contributed by atoms with Gasteiger partial charge in [-0.3, -0.25) is 4.79 Å². The van der Waals surface area contributed by atoms with Gasteiger partial charge in [0.15, 0.2) is 0 Å². The SMILES string of the molecule is CCCCC(=O)Nc1ccc(N(Cc2ccccc2)c2ccccc2)nc1. The second kappa shape index (κ2) is 9.53. The molecular weight excluding hydrogens is 334 g/mol. The number of anilines is 3.